The Morgan fingerprint density at radius 3 is 2.71 bits per heavy atom. The molecule has 0 saturated heterocycles. The van der Waals surface area contributed by atoms with Crippen LogP contribution in [0.25, 0.3) is 0 Å². The number of anilines is 1. The summed E-state index contributed by atoms with van der Waals surface area (Å²) in [4.78, 5) is 23.3. The second-order valence-corrected chi connectivity index (χ2v) is 4.95. The lowest BCUT2D eigenvalue weighted by Crippen LogP contribution is -2.19. The molecule has 1 heterocycles. The van der Waals surface area contributed by atoms with E-state index in [9.17, 15) is 9.59 Å². The van der Waals surface area contributed by atoms with E-state index in [1.165, 1.54) is 0 Å². The van der Waals surface area contributed by atoms with Crippen LogP contribution in [-0.2, 0) is 11.2 Å². The summed E-state index contributed by atoms with van der Waals surface area (Å²) in [6.45, 7) is 0.00909. The molecule has 0 atom stereocenters. The van der Waals surface area contributed by atoms with Gasteiger partial charge < -0.3 is 10.1 Å². The predicted octanol–water partition coefficient (Wildman–Crippen LogP) is 2.83. The minimum absolute atomic E-state index is 0.00909. The molecule has 4 heteroatoms. The SMILES string of the molecule is O=C1CCc2cc(OCC(=O)c3ccccc3)ccc2N1. The Morgan fingerprint density at radius 2 is 1.90 bits per heavy atom. The molecule has 0 bridgehead atoms. The van der Waals surface area contributed by atoms with Crippen LogP contribution in [0.2, 0.25) is 0 Å². The largest absolute Gasteiger partial charge is 0.485 e. The number of aryl methyl sites for hydroxylation is 1. The van der Waals surface area contributed by atoms with Crippen LogP contribution in [-0.4, -0.2) is 18.3 Å². The highest BCUT2D eigenvalue weighted by molar-refractivity contribution is 5.97. The molecule has 3 rings (SSSR count). The Balaban J connectivity index is 1.66. The van der Waals surface area contributed by atoms with Crippen LogP contribution < -0.4 is 10.1 Å². The Labute approximate surface area is 122 Å². The summed E-state index contributed by atoms with van der Waals surface area (Å²) in [6, 6.07) is 14.5. The van der Waals surface area contributed by atoms with Gasteiger partial charge in [-0.1, -0.05) is 30.3 Å². The van der Waals surface area contributed by atoms with Gasteiger partial charge in [0.15, 0.2) is 12.4 Å². The standard InChI is InChI=1S/C17H15NO3/c19-16(12-4-2-1-3-5-12)11-21-14-7-8-15-13(10-14)6-9-17(20)18-15/h1-5,7-8,10H,6,9,11H2,(H,18,20). The molecule has 4 nitrogen and oxygen atoms in total. The highest BCUT2D eigenvalue weighted by atomic mass is 16.5. The third-order valence-electron chi connectivity index (χ3n) is 3.44. The maximum Gasteiger partial charge on any atom is 0.224 e. The highest BCUT2D eigenvalue weighted by Gasteiger charge is 2.15. The maximum absolute atomic E-state index is 12.0. The van der Waals surface area contributed by atoms with Gasteiger partial charge in [0.05, 0.1) is 0 Å². The first-order valence-corrected chi connectivity index (χ1v) is 6.86. The number of amides is 1. The van der Waals surface area contributed by atoms with Crippen molar-refractivity contribution in [3.8, 4) is 5.75 Å². The van der Waals surface area contributed by atoms with Gasteiger partial charge in [-0.25, -0.2) is 0 Å². The van der Waals surface area contributed by atoms with E-state index in [2.05, 4.69) is 5.32 Å². The summed E-state index contributed by atoms with van der Waals surface area (Å²) in [5.41, 5.74) is 2.51. The van der Waals surface area contributed by atoms with E-state index in [0.717, 1.165) is 11.3 Å². The Bertz CT molecular complexity index is 680. The number of Topliss-reactive ketones (excluding diaryl/α,β-unsaturated/α-hetero) is 1. The first-order chi connectivity index (χ1) is 10.2. The molecular formula is C17H15NO3. The highest BCUT2D eigenvalue weighted by Crippen LogP contribution is 2.26. The quantitative estimate of drug-likeness (QED) is 0.877. The predicted molar refractivity (Wildman–Crippen MR) is 79.7 cm³/mol. The lowest BCUT2D eigenvalue weighted by Gasteiger charge is -2.17. The number of carbonyl (C=O) groups excluding carboxylic acids is 2. The zero-order valence-corrected chi connectivity index (χ0v) is 11.5. The molecule has 0 spiro atoms. The van der Waals surface area contributed by atoms with E-state index in [1.54, 1.807) is 18.2 Å². The van der Waals surface area contributed by atoms with Crippen molar-refractivity contribution >= 4 is 17.4 Å². The van der Waals surface area contributed by atoms with Gasteiger partial charge >= 0.3 is 0 Å². The van der Waals surface area contributed by atoms with Gasteiger partial charge in [0.2, 0.25) is 5.91 Å². The van der Waals surface area contributed by atoms with Crippen molar-refractivity contribution in [2.24, 2.45) is 0 Å². The van der Waals surface area contributed by atoms with Crippen molar-refractivity contribution < 1.29 is 14.3 Å². The third-order valence-corrected chi connectivity index (χ3v) is 3.44. The van der Waals surface area contributed by atoms with E-state index in [-0.39, 0.29) is 18.3 Å². The van der Waals surface area contributed by atoms with Crippen LogP contribution in [0.4, 0.5) is 5.69 Å². The lowest BCUT2D eigenvalue weighted by atomic mass is 10.0. The van der Waals surface area contributed by atoms with Crippen molar-refractivity contribution in [3.63, 3.8) is 0 Å². The summed E-state index contributed by atoms with van der Waals surface area (Å²) in [5.74, 6) is 0.631. The second kappa shape index (κ2) is 5.79. The number of hydrogen-bond acceptors (Lipinski definition) is 3. The van der Waals surface area contributed by atoms with E-state index < -0.39 is 0 Å². The minimum atomic E-state index is -0.0541. The van der Waals surface area contributed by atoms with Crippen molar-refractivity contribution in [2.75, 3.05) is 11.9 Å². The summed E-state index contributed by atoms with van der Waals surface area (Å²) in [7, 11) is 0. The molecule has 0 unspecified atom stereocenters. The van der Waals surface area contributed by atoms with Gasteiger partial charge in [-0.2, -0.15) is 0 Å². The second-order valence-electron chi connectivity index (χ2n) is 4.95. The monoisotopic (exact) mass is 281 g/mol. The normalized spacial score (nSPS) is 13.2. The molecule has 0 aliphatic carbocycles. The zero-order valence-electron chi connectivity index (χ0n) is 11.5. The van der Waals surface area contributed by atoms with Gasteiger partial charge in [-0.15, -0.1) is 0 Å². The van der Waals surface area contributed by atoms with Gasteiger partial charge in [0.25, 0.3) is 0 Å². The van der Waals surface area contributed by atoms with Crippen molar-refractivity contribution in [1.82, 2.24) is 0 Å². The fourth-order valence-corrected chi connectivity index (χ4v) is 2.31. The van der Waals surface area contributed by atoms with Crippen LogP contribution in [0.3, 0.4) is 0 Å². The maximum atomic E-state index is 12.0. The Hall–Kier alpha value is -2.62. The molecule has 2 aromatic carbocycles. The molecule has 2 aromatic rings. The van der Waals surface area contributed by atoms with Crippen LogP contribution in [0.1, 0.15) is 22.3 Å². The summed E-state index contributed by atoms with van der Waals surface area (Å²) < 4.78 is 5.55. The number of rotatable bonds is 4. The van der Waals surface area contributed by atoms with Gasteiger partial charge in [-0.3, -0.25) is 9.59 Å². The summed E-state index contributed by atoms with van der Waals surface area (Å²) in [5, 5.41) is 2.82. The topological polar surface area (TPSA) is 55.4 Å². The van der Waals surface area contributed by atoms with Crippen molar-refractivity contribution in [3.05, 3.63) is 59.7 Å². The van der Waals surface area contributed by atoms with Gasteiger partial charge in [0, 0.05) is 17.7 Å². The van der Waals surface area contributed by atoms with Crippen LogP contribution >= 0.6 is 0 Å². The van der Waals surface area contributed by atoms with E-state index in [0.29, 0.717) is 24.2 Å². The molecular weight excluding hydrogens is 266 g/mol. The number of ketones is 1. The third kappa shape index (κ3) is 3.11. The van der Waals surface area contributed by atoms with Crippen LogP contribution in [0.5, 0.6) is 5.75 Å². The van der Waals surface area contributed by atoms with Crippen LogP contribution in [0.15, 0.2) is 48.5 Å². The smallest absolute Gasteiger partial charge is 0.224 e. The molecule has 0 aromatic heterocycles. The van der Waals surface area contributed by atoms with Gasteiger partial charge in [-0.05, 0) is 30.2 Å². The summed E-state index contributed by atoms with van der Waals surface area (Å²) in [6.07, 6.45) is 1.18. The molecule has 0 fully saturated rings. The molecule has 1 amide bonds. The van der Waals surface area contributed by atoms with E-state index in [1.807, 2.05) is 30.3 Å². The molecule has 1 aliphatic rings. The average molecular weight is 281 g/mol. The van der Waals surface area contributed by atoms with Gasteiger partial charge in [0.1, 0.15) is 5.75 Å². The fraction of sp³-hybridized carbons (Fsp3) is 0.176. The number of hydrogen-bond donors (Lipinski definition) is 1. The molecule has 0 radical (unpaired) electrons. The molecule has 1 N–H and O–H groups in total. The van der Waals surface area contributed by atoms with E-state index >= 15 is 0 Å². The van der Waals surface area contributed by atoms with E-state index in [4.69, 9.17) is 4.74 Å². The first kappa shape index (κ1) is 13.4. The number of carbonyl (C=O) groups is 2. The van der Waals surface area contributed by atoms with Crippen LogP contribution in [0, 0.1) is 0 Å². The van der Waals surface area contributed by atoms with Crippen molar-refractivity contribution in [1.29, 1.82) is 0 Å². The Morgan fingerprint density at radius 1 is 1.10 bits per heavy atom. The molecule has 0 saturated carbocycles. The number of fused-ring (bicyclic) bond motifs is 1. The first-order valence-electron chi connectivity index (χ1n) is 6.86. The molecule has 106 valence electrons. The number of benzene rings is 2. The zero-order chi connectivity index (χ0) is 14.7. The molecule has 1 aliphatic heterocycles. The summed E-state index contributed by atoms with van der Waals surface area (Å²) >= 11 is 0. The van der Waals surface area contributed by atoms with Crippen molar-refractivity contribution in [2.45, 2.75) is 12.8 Å². The minimum Gasteiger partial charge on any atom is -0.485 e. The number of nitrogens with one attached hydrogen (secondary N) is 1. The fourth-order valence-electron chi connectivity index (χ4n) is 2.31. The average Bonchev–Trinajstić information content (AvgIpc) is 2.53. The number of ether oxygens (including phenoxy) is 1. The Kier molecular flexibility index (Phi) is 3.69. The lowest BCUT2D eigenvalue weighted by molar-refractivity contribution is -0.116. The molecule has 21 heavy (non-hydrogen) atoms.